The molecule has 0 aliphatic carbocycles. The first kappa shape index (κ1) is 26.3. The highest BCUT2D eigenvalue weighted by molar-refractivity contribution is 7.66. The average molecular weight is 509 g/mol. The summed E-state index contributed by atoms with van der Waals surface area (Å²) in [6.45, 7) is 6.35. The first-order valence-electron chi connectivity index (χ1n) is 8.19. The lowest BCUT2D eigenvalue weighted by atomic mass is 10.1. The molecule has 7 unspecified atom stereocenters. The average Bonchev–Trinajstić information content (AvgIpc) is 2.85. The van der Waals surface area contributed by atoms with Crippen LogP contribution in [0.5, 0.6) is 0 Å². The molecule has 0 aromatic heterocycles. The summed E-state index contributed by atoms with van der Waals surface area (Å²) in [5.74, 6) is 0.197. The van der Waals surface area contributed by atoms with E-state index in [1.54, 1.807) is 0 Å². The van der Waals surface area contributed by atoms with Gasteiger partial charge in [-0.2, -0.15) is 8.62 Å². The van der Waals surface area contributed by atoms with Gasteiger partial charge in [0.1, 0.15) is 30.3 Å². The molecule has 2 aliphatic rings. The standard InChI is InChI=1S/C12H22N3O13P3/c1-3-7-4-15(6(2)14-11(7)13)12-10(17)9(16)8(26-12)5-25-30(21,22)28-31(23,24)27-29(18,19)20/h3-4,8-12,14,16-17H,1-2,5,13H2,(H,21,22)(H,23,24)(H2,18,19,20). The second-order valence-corrected chi connectivity index (χ2v) is 10.7. The maximum atomic E-state index is 11.8. The maximum Gasteiger partial charge on any atom is 0.490 e. The van der Waals surface area contributed by atoms with E-state index in [1.807, 2.05) is 0 Å². The van der Waals surface area contributed by atoms with Crippen LogP contribution < -0.4 is 11.1 Å². The van der Waals surface area contributed by atoms with Crippen molar-refractivity contribution in [2.24, 2.45) is 5.73 Å². The summed E-state index contributed by atoms with van der Waals surface area (Å²) in [5, 5.41) is 23.2. The van der Waals surface area contributed by atoms with E-state index in [9.17, 15) is 28.8 Å². The topological polar surface area (TPSA) is 251 Å². The van der Waals surface area contributed by atoms with Gasteiger partial charge in [-0.15, -0.1) is 0 Å². The monoisotopic (exact) mass is 509 g/mol. The molecule has 2 rings (SSSR count). The molecule has 0 saturated carbocycles. The Labute approximate surface area is 175 Å². The Balaban J connectivity index is 2.05. The van der Waals surface area contributed by atoms with Gasteiger partial charge in [-0.25, -0.2) is 13.7 Å². The molecule has 0 bridgehead atoms. The second kappa shape index (κ2) is 9.51. The molecule has 178 valence electrons. The van der Waals surface area contributed by atoms with Crippen LogP contribution in [0.1, 0.15) is 0 Å². The van der Waals surface area contributed by atoms with E-state index in [2.05, 4.69) is 31.6 Å². The quantitative estimate of drug-likeness (QED) is 0.165. The molecule has 1 fully saturated rings. The number of nitrogens with two attached hydrogens (primary N) is 1. The number of nitrogens with zero attached hydrogens (tertiary/aromatic N) is 1. The normalized spacial score (nSPS) is 33.3. The Hall–Kier alpha value is -0.930. The van der Waals surface area contributed by atoms with Gasteiger partial charge >= 0.3 is 23.5 Å². The molecule has 16 nitrogen and oxygen atoms in total. The van der Waals surface area contributed by atoms with E-state index in [-0.39, 0.29) is 5.82 Å². The molecule has 1 saturated heterocycles. The lowest BCUT2D eigenvalue weighted by Crippen LogP contribution is -2.51. The minimum Gasteiger partial charge on any atom is -0.387 e. The number of hydrogen-bond acceptors (Lipinski definition) is 12. The largest absolute Gasteiger partial charge is 0.490 e. The van der Waals surface area contributed by atoms with E-state index >= 15 is 0 Å². The number of phosphoric acid groups is 3. The minimum atomic E-state index is -5.69. The molecular formula is C12H22N3O13P3. The van der Waals surface area contributed by atoms with Crippen molar-refractivity contribution in [2.45, 2.75) is 30.7 Å². The van der Waals surface area contributed by atoms with Gasteiger partial charge in [0.25, 0.3) is 0 Å². The van der Waals surface area contributed by atoms with Crippen LogP contribution in [-0.2, 0) is 31.6 Å². The van der Waals surface area contributed by atoms with Crippen molar-refractivity contribution >= 4 is 23.5 Å². The molecule has 0 aromatic carbocycles. The van der Waals surface area contributed by atoms with E-state index in [4.69, 9.17) is 25.2 Å². The van der Waals surface area contributed by atoms with Crippen molar-refractivity contribution < 1.29 is 61.4 Å². The van der Waals surface area contributed by atoms with Crippen molar-refractivity contribution in [3.63, 3.8) is 0 Å². The second-order valence-electron chi connectivity index (χ2n) is 6.24. The Morgan fingerprint density at radius 2 is 1.77 bits per heavy atom. The lowest BCUT2D eigenvalue weighted by Gasteiger charge is -2.37. The Morgan fingerprint density at radius 3 is 2.32 bits per heavy atom. The number of rotatable bonds is 9. The summed E-state index contributed by atoms with van der Waals surface area (Å²) >= 11 is 0. The molecule has 0 spiro atoms. The van der Waals surface area contributed by atoms with Crippen molar-refractivity contribution in [3.8, 4) is 0 Å². The Kier molecular flexibility index (Phi) is 8.08. The van der Waals surface area contributed by atoms with E-state index in [0.29, 0.717) is 5.57 Å². The Bertz CT molecular complexity index is 890. The molecule has 31 heavy (non-hydrogen) atoms. The summed E-state index contributed by atoms with van der Waals surface area (Å²) in [6, 6.07) is 0. The number of phosphoric ester groups is 1. The highest BCUT2D eigenvalue weighted by Gasteiger charge is 2.48. The number of hydrogen-bond donors (Lipinski definition) is 8. The fourth-order valence-corrected chi connectivity index (χ4v) is 5.66. The summed E-state index contributed by atoms with van der Waals surface area (Å²) in [7, 11) is -16.7. The number of aliphatic hydroxyl groups is 2. The van der Waals surface area contributed by atoms with Crippen LogP contribution in [0.25, 0.3) is 0 Å². The molecule has 0 radical (unpaired) electrons. The summed E-state index contributed by atoms with van der Waals surface area (Å²) in [6.07, 6.45) is -3.65. The third-order valence-electron chi connectivity index (χ3n) is 3.95. The molecule has 0 amide bonds. The van der Waals surface area contributed by atoms with Crippen LogP contribution >= 0.6 is 23.5 Å². The third kappa shape index (κ3) is 7.02. The predicted molar refractivity (Wildman–Crippen MR) is 101 cm³/mol. The lowest BCUT2D eigenvalue weighted by molar-refractivity contribution is -0.0717. The summed E-state index contributed by atoms with van der Waals surface area (Å²) in [5.41, 5.74) is 6.32. The molecule has 19 heteroatoms. The van der Waals surface area contributed by atoms with Crippen LogP contribution in [0.3, 0.4) is 0 Å². The first-order chi connectivity index (χ1) is 14.1. The highest BCUT2D eigenvalue weighted by Crippen LogP contribution is 2.66. The van der Waals surface area contributed by atoms with Gasteiger partial charge in [0.15, 0.2) is 6.23 Å². The van der Waals surface area contributed by atoms with Crippen molar-refractivity contribution in [1.82, 2.24) is 10.2 Å². The fraction of sp³-hybridized carbons (Fsp3) is 0.500. The number of nitrogens with one attached hydrogen (secondary N) is 1. The van der Waals surface area contributed by atoms with Gasteiger partial charge in [-0.05, 0) is 0 Å². The summed E-state index contributed by atoms with van der Waals surface area (Å²) < 4.78 is 50.7. The van der Waals surface area contributed by atoms with Gasteiger partial charge < -0.3 is 50.5 Å². The predicted octanol–water partition coefficient (Wildman–Crippen LogP) is -1.49. The Morgan fingerprint density at radius 1 is 1.16 bits per heavy atom. The van der Waals surface area contributed by atoms with Crippen LogP contribution in [0, 0.1) is 0 Å². The molecule has 2 aliphatic heterocycles. The molecular weight excluding hydrogens is 487 g/mol. The zero-order chi connectivity index (χ0) is 23.8. The fourth-order valence-electron chi connectivity index (χ4n) is 2.63. The molecule has 9 N–H and O–H groups in total. The minimum absolute atomic E-state index is 0.197. The summed E-state index contributed by atoms with van der Waals surface area (Å²) in [4.78, 5) is 36.9. The van der Waals surface area contributed by atoms with Gasteiger partial charge in [-0.1, -0.05) is 19.2 Å². The van der Waals surface area contributed by atoms with Crippen LogP contribution in [0.4, 0.5) is 0 Å². The van der Waals surface area contributed by atoms with Crippen LogP contribution in [-0.4, -0.2) is 72.0 Å². The van der Waals surface area contributed by atoms with E-state index < -0.39 is 60.8 Å². The van der Waals surface area contributed by atoms with Crippen LogP contribution in [0.15, 0.2) is 36.8 Å². The first-order valence-corrected chi connectivity index (χ1v) is 12.7. The molecule has 2 heterocycles. The zero-order valence-corrected chi connectivity index (χ0v) is 18.3. The highest BCUT2D eigenvalue weighted by atomic mass is 31.3. The number of ether oxygens (including phenoxy) is 1. The van der Waals surface area contributed by atoms with Crippen molar-refractivity contribution in [2.75, 3.05) is 6.61 Å². The maximum absolute atomic E-state index is 11.8. The zero-order valence-electron chi connectivity index (χ0n) is 15.6. The number of aliphatic hydroxyl groups excluding tert-OH is 2. The van der Waals surface area contributed by atoms with Crippen LogP contribution in [0.2, 0.25) is 0 Å². The van der Waals surface area contributed by atoms with Gasteiger partial charge in [0.05, 0.1) is 6.61 Å². The van der Waals surface area contributed by atoms with Gasteiger partial charge in [-0.3, -0.25) is 4.52 Å². The van der Waals surface area contributed by atoms with Crippen molar-refractivity contribution in [1.29, 1.82) is 0 Å². The molecule has 0 aromatic rings. The SMILES string of the molecule is C=CC1=CN(C2OC(COP(=O)(O)OP(=O)(O)OP(=O)(O)O)C(O)C2O)C(=C)NC1N. The van der Waals surface area contributed by atoms with Crippen molar-refractivity contribution in [3.05, 3.63) is 36.8 Å². The van der Waals surface area contributed by atoms with Gasteiger partial charge in [0, 0.05) is 11.8 Å². The van der Waals surface area contributed by atoms with Gasteiger partial charge in [0.2, 0.25) is 0 Å². The third-order valence-corrected chi connectivity index (χ3v) is 7.75. The smallest absolute Gasteiger partial charge is 0.387 e. The van der Waals surface area contributed by atoms with E-state index in [1.165, 1.54) is 17.2 Å². The van der Waals surface area contributed by atoms with E-state index in [0.717, 1.165) is 0 Å². The molecule has 7 atom stereocenters.